The Hall–Kier alpha value is 0.544. The van der Waals surface area contributed by atoms with Crippen LogP contribution < -0.4 is 0 Å². The molecule has 1 nitrogen and oxygen atoms in total. The van der Waals surface area contributed by atoms with Crippen LogP contribution in [0.15, 0.2) is 0 Å². The summed E-state index contributed by atoms with van der Waals surface area (Å²) in [6, 6.07) is 0. The van der Waals surface area contributed by atoms with E-state index in [9.17, 15) is 0 Å². The van der Waals surface area contributed by atoms with E-state index in [1.54, 1.807) is 0 Å². The summed E-state index contributed by atoms with van der Waals surface area (Å²) in [5.41, 5.74) is 6.95. The first-order valence-electron chi connectivity index (χ1n) is 5.06. The molecule has 0 aromatic rings. The van der Waals surface area contributed by atoms with Crippen LogP contribution in [0.4, 0.5) is 0 Å². The molecule has 0 heterocycles. The van der Waals surface area contributed by atoms with Crippen LogP contribution in [0.3, 0.4) is 0 Å². The molecule has 1 N–H and O–H groups in total. The van der Waals surface area contributed by atoms with E-state index < -0.39 is 0 Å². The zero-order valence-corrected chi connectivity index (χ0v) is 9.71. The zero-order valence-electron chi connectivity index (χ0n) is 8.31. The first kappa shape index (κ1) is 15.0. The van der Waals surface area contributed by atoms with E-state index in [0.717, 1.165) is 6.42 Å². The molecule has 0 aliphatic carbocycles. The Morgan fingerprint density at radius 2 is 1.17 bits per heavy atom. The summed E-state index contributed by atoms with van der Waals surface area (Å²) >= 11 is 0. The second-order valence-corrected chi connectivity index (χ2v) is 3.22. The molecule has 0 fully saturated rings. The standard InChI is InChI=1S/C10H22N.V/c1-2-3-4-5-6-7-8-9-10-11;/h11H,2-10H2,1H3;/q-1;. The molecule has 0 spiro atoms. The van der Waals surface area contributed by atoms with Crippen LogP contribution in [0.25, 0.3) is 5.73 Å². The van der Waals surface area contributed by atoms with Crippen LogP contribution in [0.5, 0.6) is 0 Å². The Bertz CT molecular complexity index is 58.9. The molecule has 0 aliphatic heterocycles. The molecular weight excluding hydrogens is 185 g/mol. The number of nitrogens with one attached hydrogen (secondary N) is 1. The largest absolute Gasteiger partial charge is 0.677 e. The number of rotatable bonds is 8. The van der Waals surface area contributed by atoms with Gasteiger partial charge < -0.3 is 5.73 Å². The van der Waals surface area contributed by atoms with Crippen molar-refractivity contribution in [1.29, 1.82) is 0 Å². The first-order valence-corrected chi connectivity index (χ1v) is 5.06. The summed E-state index contributed by atoms with van der Waals surface area (Å²) in [4.78, 5) is 0. The second-order valence-electron chi connectivity index (χ2n) is 3.22. The van der Waals surface area contributed by atoms with Gasteiger partial charge in [0.1, 0.15) is 0 Å². The van der Waals surface area contributed by atoms with Gasteiger partial charge in [0.25, 0.3) is 0 Å². The van der Waals surface area contributed by atoms with Gasteiger partial charge in [0.15, 0.2) is 0 Å². The molecule has 0 saturated heterocycles. The molecule has 0 aliphatic rings. The molecule has 2 heteroatoms. The summed E-state index contributed by atoms with van der Waals surface area (Å²) < 4.78 is 0. The summed E-state index contributed by atoms with van der Waals surface area (Å²) in [5, 5.41) is 0. The van der Waals surface area contributed by atoms with Crippen LogP contribution in [-0.2, 0) is 18.6 Å². The molecular formula is C10H22NV-. The van der Waals surface area contributed by atoms with Crippen LogP contribution in [-0.4, -0.2) is 6.54 Å². The topological polar surface area (TPSA) is 23.8 Å². The predicted octanol–water partition coefficient (Wildman–Crippen LogP) is 4.18. The molecule has 0 aromatic heterocycles. The number of unbranched alkanes of at least 4 members (excludes halogenated alkanes) is 7. The molecule has 0 rings (SSSR count). The Balaban J connectivity index is 0. The number of hydrogen-bond acceptors (Lipinski definition) is 0. The zero-order chi connectivity index (χ0) is 8.36. The maximum atomic E-state index is 6.95. The molecule has 73 valence electrons. The average Bonchev–Trinajstić information content (AvgIpc) is 2.03. The van der Waals surface area contributed by atoms with Crippen molar-refractivity contribution in [3.8, 4) is 0 Å². The van der Waals surface area contributed by atoms with Gasteiger partial charge in [-0.3, -0.25) is 0 Å². The van der Waals surface area contributed by atoms with E-state index in [-0.39, 0.29) is 18.6 Å². The molecule has 0 atom stereocenters. The maximum Gasteiger partial charge on any atom is 0 e. The third-order valence-electron chi connectivity index (χ3n) is 2.03. The fourth-order valence-corrected chi connectivity index (χ4v) is 1.26. The molecule has 0 saturated carbocycles. The molecule has 0 bridgehead atoms. The Kier molecular flexibility index (Phi) is 17.7. The minimum absolute atomic E-state index is 0. The molecule has 0 aromatic carbocycles. The molecule has 12 heavy (non-hydrogen) atoms. The molecule has 1 radical (unpaired) electrons. The van der Waals surface area contributed by atoms with Crippen molar-refractivity contribution in [2.24, 2.45) is 0 Å². The minimum Gasteiger partial charge on any atom is -0.677 e. The van der Waals surface area contributed by atoms with E-state index in [4.69, 9.17) is 5.73 Å². The SMILES string of the molecule is CCCCCCCCCC[NH-].[V]. The van der Waals surface area contributed by atoms with Gasteiger partial charge in [0.2, 0.25) is 0 Å². The smallest absolute Gasteiger partial charge is 0 e. The van der Waals surface area contributed by atoms with Crippen LogP contribution >= 0.6 is 0 Å². The average molecular weight is 207 g/mol. The maximum absolute atomic E-state index is 6.95. The fourth-order valence-electron chi connectivity index (χ4n) is 1.26. The van der Waals surface area contributed by atoms with Gasteiger partial charge in [-0.2, -0.15) is 6.54 Å². The van der Waals surface area contributed by atoms with E-state index in [0.29, 0.717) is 6.54 Å². The van der Waals surface area contributed by atoms with Crippen LogP contribution in [0, 0.1) is 0 Å². The van der Waals surface area contributed by atoms with E-state index >= 15 is 0 Å². The summed E-state index contributed by atoms with van der Waals surface area (Å²) in [6.45, 7) is 2.87. The van der Waals surface area contributed by atoms with E-state index in [2.05, 4.69) is 6.92 Å². The monoisotopic (exact) mass is 207 g/mol. The van der Waals surface area contributed by atoms with Crippen molar-refractivity contribution in [1.82, 2.24) is 0 Å². The van der Waals surface area contributed by atoms with Crippen molar-refractivity contribution in [3.63, 3.8) is 0 Å². The quantitative estimate of drug-likeness (QED) is 0.533. The Morgan fingerprint density at radius 1 is 0.750 bits per heavy atom. The summed E-state index contributed by atoms with van der Waals surface area (Å²) in [6.07, 6.45) is 10.7. The predicted molar refractivity (Wildman–Crippen MR) is 51.8 cm³/mol. The van der Waals surface area contributed by atoms with Crippen molar-refractivity contribution in [2.75, 3.05) is 6.54 Å². The first-order chi connectivity index (χ1) is 5.41. The van der Waals surface area contributed by atoms with Crippen molar-refractivity contribution in [3.05, 3.63) is 5.73 Å². The van der Waals surface area contributed by atoms with Crippen molar-refractivity contribution in [2.45, 2.75) is 58.3 Å². The van der Waals surface area contributed by atoms with Crippen LogP contribution in [0.1, 0.15) is 58.3 Å². The van der Waals surface area contributed by atoms with Gasteiger partial charge in [0.05, 0.1) is 0 Å². The fraction of sp³-hybridized carbons (Fsp3) is 1.00. The van der Waals surface area contributed by atoms with E-state index in [1.165, 1.54) is 44.9 Å². The van der Waals surface area contributed by atoms with Gasteiger partial charge in [0, 0.05) is 18.6 Å². The normalized spacial score (nSPS) is 9.50. The third-order valence-corrected chi connectivity index (χ3v) is 2.03. The van der Waals surface area contributed by atoms with Gasteiger partial charge in [-0.1, -0.05) is 58.3 Å². The third kappa shape index (κ3) is 13.2. The minimum atomic E-state index is 0. The Labute approximate surface area is 89.4 Å². The van der Waals surface area contributed by atoms with Crippen molar-refractivity contribution < 1.29 is 18.6 Å². The summed E-state index contributed by atoms with van der Waals surface area (Å²) in [7, 11) is 0. The van der Waals surface area contributed by atoms with Gasteiger partial charge in [-0.05, 0) is 0 Å². The second kappa shape index (κ2) is 14.1. The van der Waals surface area contributed by atoms with Gasteiger partial charge in [-0.15, -0.1) is 0 Å². The Morgan fingerprint density at radius 3 is 1.58 bits per heavy atom. The molecule has 0 amide bonds. The van der Waals surface area contributed by atoms with Gasteiger partial charge in [-0.25, -0.2) is 0 Å². The van der Waals surface area contributed by atoms with Crippen molar-refractivity contribution >= 4 is 0 Å². The van der Waals surface area contributed by atoms with E-state index in [1.807, 2.05) is 0 Å². The molecule has 0 unspecified atom stereocenters. The number of hydrogen-bond donors (Lipinski definition) is 0. The van der Waals surface area contributed by atoms with Crippen LogP contribution in [0.2, 0.25) is 0 Å². The summed E-state index contributed by atoms with van der Waals surface area (Å²) in [5.74, 6) is 0. The van der Waals surface area contributed by atoms with Gasteiger partial charge >= 0.3 is 0 Å².